The van der Waals surface area contributed by atoms with Crippen LogP contribution in [0.3, 0.4) is 0 Å². The number of rotatable bonds is 10. The van der Waals surface area contributed by atoms with E-state index in [1.165, 1.54) is 0 Å². The predicted octanol–water partition coefficient (Wildman–Crippen LogP) is 5.02. The van der Waals surface area contributed by atoms with Crippen LogP contribution in [-0.2, 0) is 11.2 Å². The van der Waals surface area contributed by atoms with Gasteiger partial charge in [-0.05, 0) is 55.3 Å². The van der Waals surface area contributed by atoms with Crippen molar-refractivity contribution in [1.29, 1.82) is 0 Å². The van der Waals surface area contributed by atoms with Gasteiger partial charge in [-0.15, -0.1) is 0 Å². The van der Waals surface area contributed by atoms with Gasteiger partial charge in [0.25, 0.3) is 0 Å². The number of ether oxygens (including phenoxy) is 1. The normalized spacial score (nSPS) is 11.8. The van der Waals surface area contributed by atoms with Crippen LogP contribution >= 0.6 is 0 Å². The van der Waals surface area contributed by atoms with Crippen LogP contribution in [0.2, 0.25) is 0 Å². The quantitative estimate of drug-likeness (QED) is 0.338. The molecule has 0 bridgehead atoms. The van der Waals surface area contributed by atoms with E-state index in [4.69, 9.17) is 4.74 Å². The highest BCUT2D eigenvalue weighted by Crippen LogP contribution is 2.20. The number of benzene rings is 3. The van der Waals surface area contributed by atoms with Gasteiger partial charge in [0.05, 0.1) is 23.7 Å². The molecule has 6 heteroatoms. The second-order valence-electron chi connectivity index (χ2n) is 7.83. The molecule has 3 aromatic carbocycles. The van der Waals surface area contributed by atoms with E-state index in [-0.39, 0.29) is 30.6 Å². The number of nitrogens with one attached hydrogen (secondary N) is 2. The third kappa shape index (κ3) is 5.86. The van der Waals surface area contributed by atoms with Crippen molar-refractivity contribution in [3.05, 3.63) is 95.8 Å². The Morgan fingerprint density at radius 2 is 1.67 bits per heavy atom. The SMILES string of the molecule is CCOc1ccc(C(=O)CCC(=O)N[C@@H](Cc2ccccc2)c2nc3ccccc3[nH]2)cc1. The van der Waals surface area contributed by atoms with Crippen LogP contribution in [0, 0.1) is 0 Å². The van der Waals surface area contributed by atoms with Gasteiger partial charge in [0.1, 0.15) is 11.6 Å². The lowest BCUT2D eigenvalue weighted by Crippen LogP contribution is -2.31. The topological polar surface area (TPSA) is 84.1 Å². The lowest BCUT2D eigenvalue weighted by Gasteiger charge is -2.17. The summed E-state index contributed by atoms with van der Waals surface area (Å²) in [6.07, 6.45) is 0.842. The number of carbonyl (C=O) groups excluding carboxylic acids is 2. The summed E-state index contributed by atoms with van der Waals surface area (Å²) in [5.41, 5.74) is 3.44. The molecule has 1 heterocycles. The van der Waals surface area contributed by atoms with Gasteiger partial charge in [0, 0.05) is 18.4 Å². The first-order valence-corrected chi connectivity index (χ1v) is 11.2. The van der Waals surface area contributed by atoms with E-state index in [1.807, 2.05) is 61.5 Å². The third-order valence-corrected chi connectivity index (χ3v) is 5.42. The molecule has 1 aromatic heterocycles. The second-order valence-corrected chi connectivity index (χ2v) is 7.83. The van der Waals surface area contributed by atoms with E-state index in [9.17, 15) is 9.59 Å². The first-order chi connectivity index (χ1) is 16.1. The molecule has 168 valence electrons. The van der Waals surface area contributed by atoms with Gasteiger partial charge in [-0.25, -0.2) is 4.98 Å². The first kappa shape index (κ1) is 22.3. The van der Waals surface area contributed by atoms with Crippen molar-refractivity contribution in [1.82, 2.24) is 15.3 Å². The van der Waals surface area contributed by atoms with Crippen LogP contribution in [-0.4, -0.2) is 28.3 Å². The zero-order chi connectivity index (χ0) is 23.0. The first-order valence-electron chi connectivity index (χ1n) is 11.2. The summed E-state index contributed by atoms with van der Waals surface area (Å²) in [5.74, 6) is 1.17. The molecule has 1 atom stereocenters. The second kappa shape index (κ2) is 10.6. The molecule has 1 amide bonds. The number of nitrogens with zero attached hydrogens (tertiary/aromatic N) is 1. The van der Waals surface area contributed by atoms with E-state index in [1.54, 1.807) is 24.3 Å². The third-order valence-electron chi connectivity index (χ3n) is 5.42. The van der Waals surface area contributed by atoms with Crippen molar-refractivity contribution < 1.29 is 14.3 Å². The standard InChI is InChI=1S/C27H27N3O3/c1-2-33-21-14-12-20(13-15-21)25(31)16-17-26(32)28-24(18-19-8-4-3-5-9-19)27-29-22-10-6-7-11-23(22)30-27/h3-15,24H,2,16-18H2,1H3,(H,28,32)(H,29,30)/t24-/m0/s1. The van der Waals surface area contributed by atoms with Crippen LogP contribution in [0.5, 0.6) is 5.75 Å². The Kier molecular flexibility index (Phi) is 7.15. The molecule has 0 aliphatic heterocycles. The minimum Gasteiger partial charge on any atom is -0.494 e. The molecule has 0 saturated carbocycles. The summed E-state index contributed by atoms with van der Waals surface area (Å²) >= 11 is 0. The van der Waals surface area contributed by atoms with Crippen molar-refractivity contribution in [3.63, 3.8) is 0 Å². The number of para-hydroxylation sites is 2. The number of amides is 1. The fourth-order valence-corrected chi connectivity index (χ4v) is 3.75. The number of carbonyl (C=O) groups is 2. The number of fused-ring (bicyclic) bond motifs is 1. The average molecular weight is 442 g/mol. The number of ketones is 1. The number of H-pyrrole nitrogens is 1. The lowest BCUT2D eigenvalue weighted by molar-refractivity contribution is -0.121. The molecule has 0 radical (unpaired) electrons. The summed E-state index contributed by atoms with van der Waals surface area (Å²) in [6.45, 7) is 2.48. The molecule has 0 saturated heterocycles. The van der Waals surface area contributed by atoms with E-state index in [0.717, 1.165) is 22.3 Å². The van der Waals surface area contributed by atoms with Gasteiger partial charge in [-0.2, -0.15) is 0 Å². The summed E-state index contributed by atoms with van der Waals surface area (Å²) in [4.78, 5) is 33.3. The average Bonchev–Trinajstić information content (AvgIpc) is 3.28. The predicted molar refractivity (Wildman–Crippen MR) is 128 cm³/mol. The van der Waals surface area contributed by atoms with Gasteiger partial charge in [-0.3, -0.25) is 9.59 Å². The molecule has 4 aromatic rings. The van der Waals surface area contributed by atoms with Crippen molar-refractivity contribution in [2.75, 3.05) is 6.61 Å². The fraction of sp³-hybridized carbons (Fsp3) is 0.222. The minimum atomic E-state index is -0.326. The summed E-state index contributed by atoms with van der Waals surface area (Å²) < 4.78 is 5.41. The van der Waals surface area contributed by atoms with E-state index in [2.05, 4.69) is 15.3 Å². The Balaban J connectivity index is 1.42. The summed E-state index contributed by atoms with van der Waals surface area (Å²) in [6, 6.07) is 24.4. The number of aromatic nitrogens is 2. The van der Waals surface area contributed by atoms with Gasteiger partial charge in [0.2, 0.25) is 5.91 Å². The van der Waals surface area contributed by atoms with Crippen LogP contribution < -0.4 is 10.1 Å². The molecule has 0 aliphatic rings. The van der Waals surface area contributed by atoms with Crippen LogP contribution in [0.25, 0.3) is 11.0 Å². The summed E-state index contributed by atoms with van der Waals surface area (Å²) in [7, 11) is 0. The maximum absolute atomic E-state index is 12.8. The molecule has 0 spiro atoms. The molecular weight excluding hydrogens is 414 g/mol. The van der Waals surface area contributed by atoms with Gasteiger partial charge >= 0.3 is 0 Å². The highest BCUT2D eigenvalue weighted by molar-refractivity contribution is 5.98. The molecule has 2 N–H and O–H groups in total. The number of hydrogen-bond donors (Lipinski definition) is 2. The minimum absolute atomic E-state index is 0.0726. The highest BCUT2D eigenvalue weighted by atomic mass is 16.5. The smallest absolute Gasteiger partial charge is 0.221 e. The number of imidazole rings is 1. The van der Waals surface area contributed by atoms with Crippen LogP contribution in [0.1, 0.15) is 47.6 Å². The molecular formula is C27H27N3O3. The Bertz CT molecular complexity index is 1180. The van der Waals surface area contributed by atoms with E-state index in [0.29, 0.717) is 24.4 Å². The molecule has 33 heavy (non-hydrogen) atoms. The molecule has 0 aliphatic carbocycles. The largest absolute Gasteiger partial charge is 0.494 e. The Hall–Kier alpha value is -3.93. The Morgan fingerprint density at radius 1 is 0.939 bits per heavy atom. The molecule has 0 unspecified atom stereocenters. The monoisotopic (exact) mass is 441 g/mol. The Morgan fingerprint density at radius 3 is 2.39 bits per heavy atom. The van der Waals surface area contributed by atoms with Crippen LogP contribution in [0.15, 0.2) is 78.9 Å². The van der Waals surface area contributed by atoms with Crippen molar-refractivity contribution in [3.8, 4) is 5.75 Å². The van der Waals surface area contributed by atoms with Crippen LogP contribution in [0.4, 0.5) is 0 Å². The zero-order valence-electron chi connectivity index (χ0n) is 18.6. The number of hydrogen-bond acceptors (Lipinski definition) is 4. The maximum atomic E-state index is 12.8. The highest BCUT2D eigenvalue weighted by Gasteiger charge is 2.20. The molecule has 4 rings (SSSR count). The number of Topliss-reactive ketones (excluding diaryl/α,β-unsaturated/α-hetero) is 1. The van der Waals surface area contributed by atoms with Gasteiger partial charge < -0.3 is 15.0 Å². The van der Waals surface area contributed by atoms with E-state index < -0.39 is 0 Å². The van der Waals surface area contributed by atoms with Crippen molar-refractivity contribution in [2.24, 2.45) is 0 Å². The van der Waals surface area contributed by atoms with E-state index >= 15 is 0 Å². The van der Waals surface area contributed by atoms with Gasteiger partial charge in [0.15, 0.2) is 5.78 Å². The summed E-state index contributed by atoms with van der Waals surface area (Å²) in [5, 5.41) is 3.07. The molecule has 0 fully saturated rings. The van der Waals surface area contributed by atoms with Crippen molar-refractivity contribution >= 4 is 22.7 Å². The fourth-order valence-electron chi connectivity index (χ4n) is 3.75. The number of aromatic amines is 1. The van der Waals surface area contributed by atoms with Gasteiger partial charge in [-0.1, -0.05) is 42.5 Å². The Labute approximate surface area is 193 Å². The molecule has 6 nitrogen and oxygen atoms in total. The van der Waals surface area contributed by atoms with Crippen molar-refractivity contribution in [2.45, 2.75) is 32.2 Å². The zero-order valence-corrected chi connectivity index (χ0v) is 18.6. The lowest BCUT2D eigenvalue weighted by atomic mass is 10.0. The maximum Gasteiger partial charge on any atom is 0.221 e.